The van der Waals surface area contributed by atoms with Crippen LogP contribution in [0.5, 0.6) is 0 Å². The number of nitrogens with one attached hydrogen (secondary N) is 1. The van der Waals surface area contributed by atoms with Crippen LogP contribution in [0.25, 0.3) is 0 Å². The van der Waals surface area contributed by atoms with Gasteiger partial charge in [0.05, 0.1) is 0 Å². The van der Waals surface area contributed by atoms with E-state index < -0.39 is 0 Å². The number of thiophene rings is 1. The van der Waals surface area contributed by atoms with Gasteiger partial charge in [0.1, 0.15) is 0 Å². The lowest BCUT2D eigenvalue weighted by Gasteiger charge is -2.06. The summed E-state index contributed by atoms with van der Waals surface area (Å²) in [5, 5.41) is 5.68. The fourth-order valence-corrected chi connectivity index (χ4v) is 3.63. The average molecular weight is 274 g/mol. The topological polar surface area (TPSA) is 12.0 Å². The quantitative estimate of drug-likeness (QED) is 0.884. The SMILES string of the molecule is CC(C)NCC1CC1c1sccc1Br. The van der Waals surface area contributed by atoms with Crippen LogP contribution in [0.3, 0.4) is 0 Å². The van der Waals surface area contributed by atoms with Gasteiger partial charge in [-0.2, -0.15) is 0 Å². The first-order chi connectivity index (χ1) is 6.68. The second-order valence-corrected chi connectivity index (χ2v) is 6.10. The van der Waals surface area contributed by atoms with Crippen molar-refractivity contribution in [3.05, 3.63) is 20.8 Å². The van der Waals surface area contributed by atoms with Crippen LogP contribution < -0.4 is 5.32 Å². The Morgan fingerprint density at radius 3 is 3.00 bits per heavy atom. The van der Waals surface area contributed by atoms with Gasteiger partial charge in [0.15, 0.2) is 0 Å². The smallest absolute Gasteiger partial charge is 0.0317 e. The summed E-state index contributed by atoms with van der Waals surface area (Å²) in [5.41, 5.74) is 0. The maximum absolute atomic E-state index is 3.60. The Balaban J connectivity index is 1.85. The largest absolute Gasteiger partial charge is 0.314 e. The molecule has 0 saturated heterocycles. The molecule has 1 N–H and O–H groups in total. The Morgan fingerprint density at radius 2 is 2.43 bits per heavy atom. The Hall–Kier alpha value is 0.140. The number of rotatable bonds is 4. The summed E-state index contributed by atoms with van der Waals surface area (Å²) in [4.78, 5) is 1.54. The van der Waals surface area contributed by atoms with Crippen LogP contribution in [0.15, 0.2) is 15.9 Å². The van der Waals surface area contributed by atoms with Gasteiger partial charge >= 0.3 is 0 Å². The van der Waals surface area contributed by atoms with Crippen molar-refractivity contribution < 1.29 is 0 Å². The van der Waals surface area contributed by atoms with Crippen LogP contribution in [0.2, 0.25) is 0 Å². The van der Waals surface area contributed by atoms with Crippen molar-refractivity contribution in [1.82, 2.24) is 5.32 Å². The molecule has 1 aliphatic carbocycles. The highest BCUT2D eigenvalue weighted by Gasteiger charge is 2.39. The van der Waals surface area contributed by atoms with Crippen molar-refractivity contribution in [1.29, 1.82) is 0 Å². The van der Waals surface area contributed by atoms with Crippen LogP contribution in [0.1, 0.15) is 31.1 Å². The molecule has 1 nitrogen and oxygen atoms in total. The molecule has 2 atom stereocenters. The van der Waals surface area contributed by atoms with E-state index in [2.05, 4.69) is 46.5 Å². The van der Waals surface area contributed by atoms with Crippen LogP contribution in [-0.4, -0.2) is 12.6 Å². The molecule has 2 rings (SSSR count). The third kappa shape index (κ3) is 2.38. The molecule has 0 aromatic carbocycles. The highest BCUT2D eigenvalue weighted by atomic mass is 79.9. The molecular formula is C11H16BrNS. The predicted molar refractivity (Wildman–Crippen MR) is 66.0 cm³/mol. The van der Waals surface area contributed by atoms with Gasteiger partial charge in [-0.1, -0.05) is 13.8 Å². The van der Waals surface area contributed by atoms with Crippen molar-refractivity contribution in [3.8, 4) is 0 Å². The number of halogens is 1. The predicted octanol–water partition coefficient (Wildman–Crippen LogP) is 3.61. The molecule has 0 radical (unpaired) electrons. The minimum atomic E-state index is 0.614. The Kier molecular flexibility index (Phi) is 3.30. The van der Waals surface area contributed by atoms with E-state index in [4.69, 9.17) is 0 Å². The maximum atomic E-state index is 3.60. The van der Waals surface area contributed by atoms with Gasteiger partial charge in [-0.15, -0.1) is 11.3 Å². The molecule has 1 saturated carbocycles. The summed E-state index contributed by atoms with van der Waals surface area (Å²) in [6, 6.07) is 2.77. The average Bonchev–Trinajstić information content (AvgIpc) is 2.78. The molecule has 0 bridgehead atoms. The molecule has 1 aromatic heterocycles. The fraction of sp³-hybridized carbons (Fsp3) is 0.636. The lowest BCUT2D eigenvalue weighted by molar-refractivity contribution is 0.555. The monoisotopic (exact) mass is 273 g/mol. The third-order valence-corrected chi connectivity index (χ3v) is 4.70. The molecule has 1 aromatic rings. The summed E-state index contributed by atoms with van der Waals surface area (Å²) in [6.45, 7) is 5.59. The van der Waals surface area contributed by atoms with E-state index in [1.165, 1.54) is 17.4 Å². The van der Waals surface area contributed by atoms with Crippen LogP contribution in [-0.2, 0) is 0 Å². The second-order valence-electron chi connectivity index (χ2n) is 4.30. The van der Waals surface area contributed by atoms with Crippen molar-refractivity contribution in [3.63, 3.8) is 0 Å². The molecule has 1 aliphatic rings. The molecule has 2 unspecified atom stereocenters. The first-order valence-corrected chi connectivity index (χ1v) is 6.82. The minimum absolute atomic E-state index is 0.614. The zero-order valence-corrected chi connectivity index (χ0v) is 11.0. The summed E-state index contributed by atoms with van der Waals surface area (Å²) in [6.07, 6.45) is 1.36. The van der Waals surface area contributed by atoms with Gasteiger partial charge in [-0.05, 0) is 52.2 Å². The Morgan fingerprint density at radius 1 is 1.64 bits per heavy atom. The van der Waals surface area contributed by atoms with Gasteiger partial charge in [-0.3, -0.25) is 0 Å². The lowest BCUT2D eigenvalue weighted by atomic mass is 10.2. The lowest BCUT2D eigenvalue weighted by Crippen LogP contribution is -2.25. The van der Waals surface area contributed by atoms with Crippen molar-refractivity contribution in [2.24, 2.45) is 5.92 Å². The molecule has 0 amide bonds. The molecule has 14 heavy (non-hydrogen) atoms. The van der Waals surface area contributed by atoms with Gasteiger partial charge < -0.3 is 5.32 Å². The third-order valence-electron chi connectivity index (χ3n) is 2.69. The zero-order chi connectivity index (χ0) is 10.1. The summed E-state index contributed by atoms with van der Waals surface area (Å²) in [5.74, 6) is 1.68. The van der Waals surface area contributed by atoms with E-state index in [9.17, 15) is 0 Å². The van der Waals surface area contributed by atoms with Crippen molar-refractivity contribution in [2.45, 2.75) is 32.2 Å². The first-order valence-electron chi connectivity index (χ1n) is 5.14. The van der Waals surface area contributed by atoms with Crippen LogP contribution in [0, 0.1) is 5.92 Å². The van der Waals surface area contributed by atoms with E-state index >= 15 is 0 Å². The summed E-state index contributed by atoms with van der Waals surface area (Å²) in [7, 11) is 0. The first kappa shape index (κ1) is 10.7. The van der Waals surface area contributed by atoms with E-state index in [0.717, 1.165) is 11.8 Å². The Labute approximate surface area is 98.0 Å². The summed E-state index contributed by atoms with van der Waals surface area (Å²) >= 11 is 5.49. The van der Waals surface area contributed by atoms with Crippen LogP contribution >= 0.6 is 27.3 Å². The fourth-order valence-electron chi connectivity index (χ4n) is 1.75. The molecule has 1 heterocycles. The molecule has 78 valence electrons. The molecule has 0 spiro atoms. The standard InChI is InChI=1S/C11H16BrNS/c1-7(2)13-6-8-5-9(8)11-10(12)3-4-14-11/h3-4,7-9,13H,5-6H2,1-2H3. The van der Waals surface area contributed by atoms with Crippen molar-refractivity contribution >= 4 is 27.3 Å². The van der Waals surface area contributed by atoms with E-state index in [-0.39, 0.29) is 0 Å². The molecule has 3 heteroatoms. The summed E-state index contributed by atoms with van der Waals surface area (Å²) < 4.78 is 1.31. The van der Waals surface area contributed by atoms with E-state index in [1.54, 1.807) is 4.88 Å². The van der Waals surface area contributed by atoms with Gasteiger partial charge in [0.2, 0.25) is 0 Å². The highest BCUT2D eigenvalue weighted by molar-refractivity contribution is 9.10. The molecule has 0 aliphatic heterocycles. The van der Waals surface area contributed by atoms with Gasteiger partial charge in [0, 0.05) is 15.4 Å². The van der Waals surface area contributed by atoms with Crippen LogP contribution in [0.4, 0.5) is 0 Å². The van der Waals surface area contributed by atoms with Gasteiger partial charge in [-0.25, -0.2) is 0 Å². The minimum Gasteiger partial charge on any atom is -0.314 e. The second kappa shape index (κ2) is 4.33. The number of hydrogen-bond donors (Lipinski definition) is 1. The Bertz CT molecular complexity index is 308. The van der Waals surface area contributed by atoms with Crippen molar-refractivity contribution in [2.75, 3.05) is 6.54 Å². The molecular weight excluding hydrogens is 258 g/mol. The molecule has 1 fully saturated rings. The van der Waals surface area contributed by atoms with E-state index in [0.29, 0.717) is 6.04 Å². The normalized spacial score (nSPS) is 25.7. The number of hydrogen-bond acceptors (Lipinski definition) is 2. The van der Waals surface area contributed by atoms with E-state index in [1.807, 2.05) is 11.3 Å². The maximum Gasteiger partial charge on any atom is 0.0317 e. The van der Waals surface area contributed by atoms with Gasteiger partial charge in [0.25, 0.3) is 0 Å². The highest BCUT2D eigenvalue weighted by Crippen LogP contribution is 2.51. The zero-order valence-electron chi connectivity index (χ0n) is 8.59.